The topological polar surface area (TPSA) is 26.8 Å². The quantitative estimate of drug-likeness (QED) is 0.752. The highest BCUT2D eigenvalue weighted by Crippen LogP contribution is 2.18. The van der Waals surface area contributed by atoms with Gasteiger partial charge in [0, 0.05) is 55.8 Å². The number of likely N-dealkylation sites (N-methyl/N-ethyl adjacent to an activating group) is 1. The molecule has 1 heterocycles. The number of halogens is 2. The van der Waals surface area contributed by atoms with E-state index in [0.717, 1.165) is 43.7 Å². The van der Waals surface area contributed by atoms with Gasteiger partial charge in [-0.1, -0.05) is 15.9 Å². The molecule has 1 amide bonds. The Morgan fingerprint density at radius 3 is 2.39 bits per heavy atom. The van der Waals surface area contributed by atoms with Gasteiger partial charge in [-0.3, -0.25) is 14.6 Å². The number of hydrogen-bond acceptors (Lipinski definition) is 3. The van der Waals surface area contributed by atoms with E-state index in [2.05, 4.69) is 25.7 Å². The van der Waals surface area contributed by atoms with Crippen LogP contribution in [-0.2, 0) is 11.3 Å². The molecule has 1 aliphatic heterocycles. The summed E-state index contributed by atoms with van der Waals surface area (Å²) in [7, 11) is 0. The van der Waals surface area contributed by atoms with Gasteiger partial charge in [0.2, 0.25) is 5.91 Å². The number of benzene rings is 1. The lowest BCUT2D eigenvalue weighted by Gasteiger charge is -2.35. The van der Waals surface area contributed by atoms with E-state index in [1.807, 2.05) is 24.8 Å². The van der Waals surface area contributed by atoms with Crippen LogP contribution in [-0.4, -0.2) is 66.4 Å². The number of rotatable bonds is 6. The standard InChI is InChI=1S/C17H25BrFN3O/c1-3-22(4-2)17(23)13-21-9-7-20(8-10-21)12-14-11-15(18)5-6-16(14)19/h5-6,11H,3-4,7-10,12-13H2,1-2H3. The van der Waals surface area contributed by atoms with Crippen LogP contribution in [0.15, 0.2) is 22.7 Å². The molecule has 1 aliphatic rings. The maximum absolute atomic E-state index is 13.8. The zero-order chi connectivity index (χ0) is 16.8. The molecule has 0 N–H and O–H groups in total. The molecule has 1 saturated heterocycles. The van der Waals surface area contributed by atoms with Crippen LogP contribution in [0, 0.1) is 5.82 Å². The smallest absolute Gasteiger partial charge is 0.236 e. The summed E-state index contributed by atoms with van der Waals surface area (Å²) in [5, 5.41) is 0. The molecule has 1 aromatic carbocycles. The van der Waals surface area contributed by atoms with Crippen LogP contribution >= 0.6 is 15.9 Å². The lowest BCUT2D eigenvalue weighted by atomic mass is 10.2. The van der Waals surface area contributed by atoms with Crippen molar-refractivity contribution >= 4 is 21.8 Å². The van der Waals surface area contributed by atoms with E-state index in [1.165, 1.54) is 6.07 Å². The van der Waals surface area contributed by atoms with Gasteiger partial charge in [0.15, 0.2) is 0 Å². The average Bonchev–Trinajstić information content (AvgIpc) is 2.54. The van der Waals surface area contributed by atoms with Crippen LogP contribution in [0.2, 0.25) is 0 Å². The maximum atomic E-state index is 13.8. The van der Waals surface area contributed by atoms with Gasteiger partial charge < -0.3 is 4.90 Å². The minimum Gasteiger partial charge on any atom is -0.342 e. The molecular formula is C17H25BrFN3O. The fourth-order valence-electron chi connectivity index (χ4n) is 2.88. The third kappa shape index (κ3) is 5.26. The van der Waals surface area contributed by atoms with Crippen molar-refractivity contribution in [1.29, 1.82) is 0 Å². The zero-order valence-electron chi connectivity index (χ0n) is 13.9. The molecule has 0 spiro atoms. The van der Waals surface area contributed by atoms with Gasteiger partial charge in [-0.2, -0.15) is 0 Å². The van der Waals surface area contributed by atoms with E-state index >= 15 is 0 Å². The van der Waals surface area contributed by atoms with E-state index in [4.69, 9.17) is 0 Å². The highest BCUT2D eigenvalue weighted by molar-refractivity contribution is 9.10. The summed E-state index contributed by atoms with van der Waals surface area (Å²) in [6.07, 6.45) is 0. The highest BCUT2D eigenvalue weighted by atomic mass is 79.9. The number of hydrogen-bond donors (Lipinski definition) is 0. The number of piperazine rings is 1. The largest absolute Gasteiger partial charge is 0.342 e. The summed E-state index contributed by atoms with van der Waals surface area (Å²) in [4.78, 5) is 18.4. The first-order valence-electron chi connectivity index (χ1n) is 8.19. The van der Waals surface area contributed by atoms with Crippen LogP contribution in [0.3, 0.4) is 0 Å². The monoisotopic (exact) mass is 385 g/mol. The first-order valence-corrected chi connectivity index (χ1v) is 8.99. The molecule has 23 heavy (non-hydrogen) atoms. The molecule has 0 atom stereocenters. The number of carbonyl (C=O) groups excluding carboxylic acids is 1. The first-order chi connectivity index (χ1) is 11.0. The lowest BCUT2D eigenvalue weighted by Crippen LogP contribution is -2.49. The first kappa shape index (κ1) is 18.4. The molecule has 128 valence electrons. The predicted octanol–water partition coefficient (Wildman–Crippen LogP) is 2.57. The SMILES string of the molecule is CCN(CC)C(=O)CN1CCN(Cc2cc(Br)ccc2F)CC1. The molecule has 2 rings (SSSR count). The second-order valence-corrected chi connectivity index (χ2v) is 6.77. The van der Waals surface area contributed by atoms with Crippen molar-refractivity contribution in [3.05, 3.63) is 34.1 Å². The Morgan fingerprint density at radius 1 is 1.17 bits per heavy atom. The van der Waals surface area contributed by atoms with Crippen molar-refractivity contribution in [2.45, 2.75) is 20.4 Å². The zero-order valence-corrected chi connectivity index (χ0v) is 15.5. The summed E-state index contributed by atoms with van der Waals surface area (Å²) in [5.41, 5.74) is 0.715. The molecule has 1 aromatic rings. The number of amides is 1. The summed E-state index contributed by atoms with van der Waals surface area (Å²) < 4.78 is 14.7. The number of carbonyl (C=O) groups is 1. The fraction of sp³-hybridized carbons (Fsp3) is 0.588. The van der Waals surface area contributed by atoms with Gasteiger partial charge in [-0.25, -0.2) is 4.39 Å². The Hall–Kier alpha value is -0.980. The Bertz CT molecular complexity index is 529. The molecular weight excluding hydrogens is 361 g/mol. The molecule has 0 aromatic heterocycles. The second kappa shape index (κ2) is 8.76. The second-order valence-electron chi connectivity index (χ2n) is 5.85. The summed E-state index contributed by atoms with van der Waals surface area (Å²) in [5.74, 6) is 0.0359. The van der Waals surface area contributed by atoms with Gasteiger partial charge in [0.05, 0.1) is 6.54 Å². The Labute approximate surface area is 146 Å². The van der Waals surface area contributed by atoms with Crippen LogP contribution < -0.4 is 0 Å². The van der Waals surface area contributed by atoms with Gasteiger partial charge in [0.1, 0.15) is 5.82 Å². The lowest BCUT2D eigenvalue weighted by molar-refractivity contribution is -0.132. The van der Waals surface area contributed by atoms with E-state index in [-0.39, 0.29) is 11.7 Å². The summed E-state index contributed by atoms with van der Waals surface area (Å²) in [6.45, 7) is 10.1. The van der Waals surface area contributed by atoms with Crippen molar-refractivity contribution in [3.63, 3.8) is 0 Å². The Balaban J connectivity index is 1.82. The molecule has 0 aliphatic carbocycles. The molecule has 1 fully saturated rings. The average molecular weight is 386 g/mol. The molecule has 4 nitrogen and oxygen atoms in total. The minimum absolute atomic E-state index is 0.160. The molecule has 0 saturated carbocycles. The third-order valence-electron chi connectivity index (χ3n) is 4.34. The van der Waals surface area contributed by atoms with Crippen molar-refractivity contribution in [2.75, 3.05) is 45.8 Å². The van der Waals surface area contributed by atoms with Crippen molar-refractivity contribution in [3.8, 4) is 0 Å². The van der Waals surface area contributed by atoms with Crippen LogP contribution in [0.1, 0.15) is 19.4 Å². The van der Waals surface area contributed by atoms with Crippen molar-refractivity contribution in [2.24, 2.45) is 0 Å². The molecule has 0 radical (unpaired) electrons. The van der Waals surface area contributed by atoms with Crippen LogP contribution in [0.25, 0.3) is 0 Å². The molecule has 6 heteroatoms. The fourth-order valence-corrected chi connectivity index (χ4v) is 3.29. The van der Waals surface area contributed by atoms with Crippen molar-refractivity contribution in [1.82, 2.24) is 14.7 Å². The summed E-state index contributed by atoms with van der Waals surface area (Å²) in [6, 6.07) is 5.06. The molecule has 0 unspecified atom stereocenters. The van der Waals surface area contributed by atoms with E-state index in [1.54, 1.807) is 6.07 Å². The van der Waals surface area contributed by atoms with Gasteiger partial charge in [-0.05, 0) is 32.0 Å². The van der Waals surface area contributed by atoms with Gasteiger partial charge in [0.25, 0.3) is 0 Å². The van der Waals surface area contributed by atoms with Crippen LogP contribution in [0.4, 0.5) is 4.39 Å². The Morgan fingerprint density at radius 2 is 1.78 bits per heavy atom. The predicted molar refractivity (Wildman–Crippen MR) is 93.7 cm³/mol. The van der Waals surface area contributed by atoms with Crippen LogP contribution in [0.5, 0.6) is 0 Å². The van der Waals surface area contributed by atoms with Crippen molar-refractivity contribution < 1.29 is 9.18 Å². The maximum Gasteiger partial charge on any atom is 0.236 e. The van der Waals surface area contributed by atoms with E-state index in [0.29, 0.717) is 18.7 Å². The highest BCUT2D eigenvalue weighted by Gasteiger charge is 2.21. The Kier molecular flexibility index (Phi) is 6.99. The van der Waals surface area contributed by atoms with Gasteiger partial charge in [-0.15, -0.1) is 0 Å². The third-order valence-corrected chi connectivity index (χ3v) is 4.83. The molecule has 0 bridgehead atoms. The van der Waals surface area contributed by atoms with E-state index < -0.39 is 0 Å². The minimum atomic E-state index is -0.160. The normalized spacial score (nSPS) is 16.5. The number of nitrogens with zero attached hydrogens (tertiary/aromatic N) is 3. The van der Waals surface area contributed by atoms with Gasteiger partial charge >= 0.3 is 0 Å². The van der Waals surface area contributed by atoms with E-state index in [9.17, 15) is 9.18 Å². The summed E-state index contributed by atoms with van der Waals surface area (Å²) >= 11 is 3.39.